The molecule has 4 aromatic rings. The molecule has 0 aromatic heterocycles. The first kappa shape index (κ1) is 25.2. The maximum absolute atomic E-state index is 13.4. The zero-order valence-electron chi connectivity index (χ0n) is 22.0. The van der Waals surface area contributed by atoms with Crippen molar-refractivity contribution in [1.82, 2.24) is 0 Å². The molecule has 0 saturated carbocycles. The highest BCUT2D eigenvalue weighted by Crippen LogP contribution is 2.38. The number of hydrogen-bond donors (Lipinski definition) is 0. The van der Waals surface area contributed by atoms with E-state index in [-0.39, 0.29) is 23.7 Å². The van der Waals surface area contributed by atoms with Crippen LogP contribution in [0, 0.1) is 0 Å². The molecule has 0 bridgehead atoms. The number of hydrogen-bond acceptors (Lipinski definition) is 4. The van der Waals surface area contributed by atoms with E-state index < -0.39 is 0 Å². The Labute approximate surface area is 224 Å². The molecular weight excluding hydrogens is 470 g/mol. The third kappa shape index (κ3) is 5.03. The molecule has 0 amide bonds. The lowest BCUT2D eigenvalue weighted by atomic mass is 9.79. The summed E-state index contributed by atoms with van der Waals surface area (Å²) in [5.41, 5.74) is 5.16. The van der Waals surface area contributed by atoms with Crippen molar-refractivity contribution in [2.75, 3.05) is 18.7 Å². The van der Waals surface area contributed by atoms with Gasteiger partial charge in [-0.1, -0.05) is 98.8 Å². The summed E-state index contributed by atoms with van der Waals surface area (Å²) in [6.07, 6.45) is 4.90. The molecule has 0 N–H and O–H groups in total. The average molecular weight is 502 g/mol. The van der Waals surface area contributed by atoms with Crippen molar-refractivity contribution < 1.29 is 14.3 Å². The van der Waals surface area contributed by atoms with E-state index in [9.17, 15) is 9.59 Å². The molecule has 0 aliphatic carbocycles. The number of carbonyl (C=O) groups is 2. The molecular formula is C34H31NO3. The predicted octanol–water partition coefficient (Wildman–Crippen LogP) is 7.32. The van der Waals surface area contributed by atoms with Crippen molar-refractivity contribution in [1.29, 1.82) is 0 Å². The van der Waals surface area contributed by atoms with E-state index >= 15 is 0 Å². The summed E-state index contributed by atoms with van der Waals surface area (Å²) in [7, 11) is 1.97. The van der Waals surface area contributed by atoms with Gasteiger partial charge in [0.15, 0.2) is 18.3 Å². The highest BCUT2D eigenvalue weighted by atomic mass is 16.5. The van der Waals surface area contributed by atoms with Gasteiger partial charge in [-0.3, -0.25) is 9.59 Å². The van der Waals surface area contributed by atoms with Crippen LogP contribution in [-0.4, -0.2) is 25.3 Å². The Morgan fingerprint density at radius 2 is 1.42 bits per heavy atom. The number of ketones is 2. The van der Waals surface area contributed by atoms with E-state index in [1.807, 2.05) is 115 Å². The average Bonchev–Trinajstić information content (AvgIpc) is 2.97. The fraction of sp³-hybridized carbons (Fsp3) is 0.176. The molecule has 4 heteroatoms. The van der Waals surface area contributed by atoms with Crippen molar-refractivity contribution >= 4 is 23.3 Å². The van der Waals surface area contributed by atoms with Gasteiger partial charge in [-0.2, -0.15) is 0 Å². The Bertz CT molecular complexity index is 1500. The first-order valence-electron chi connectivity index (χ1n) is 12.8. The lowest BCUT2D eigenvalue weighted by Gasteiger charge is -2.31. The van der Waals surface area contributed by atoms with Crippen LogP contribution in [0.1, 0.15) is 63.2 Å². The van der Waals surface area contributed by atoms with E-state index in [1.165, 1.54) is 0 Å². The van der Waals surface area contributed by atoms with Crippen molar-refractivity contribution in [3.8, 4) is 5.75 Å². The number of anilines is 1. The molecule has 4 aromatic carbocycles. The number of ether oxygens (including phenoxy) is 1. The molecule has 38 heavy (non-hydrogen) atoms. The lowest BCUT2D eigenvalue weighted by Crippen LogP contribution is -2.28. The zero-order valence-corrected chi connectivity index (χ0v) is 22.0. The van der Waals surface area contributed by atoms with E-state index in [0.29, 0.717) is 28.0 Å². The normalized spacial score (nSPS) is 15.3. The number of benzene rings is 4. The van der Waals surface area contributed by atoms with Gasteiger partial charge in [0.05, 0.1) is 5.56 Å². The van der Waals surface area contributed by atoms with Crippen LogP contribution in [0.5, 0.6) is 5.75 Å². The summed E-state index contributed by atoms with van der Waals surface area (Å²) in [5, 5.41) is 0. The van der Waals surface area contributed by atoms with Crippen LogP contribution in [0.25, 0.3) is 6.08 Å². The third-order valence-corrected chi connectivity index (χ3v) is 7.09. The summed E-state index contributed by atoms with van der Waals surface area (Å²) in [6, 6.07) is 30.2. The lowest BCUT2D eigenvalue weighted by molar-refractivity contribution is 0.102. The summed E-state index contributed by atoms with van der Waals surface area (Å²) in [5.74, 6) is 0.504. The van der Waals surface area contributed by atoms with Crippen LogP contribution < -0.4 is 9.64 Å². The second-order valence-corrected chi connectivity index (χ2v) is 10.3. The Balaban J connectivity index is 1.54. The van der Waals surface area contributed by atoms with Crippen LogP contribution in [-0.2, 0) is 5.41 Å². The minimum absolute atomic E-state index is 0.00410. The van der Waals surface area contributed by atoms with Crippen molar-refractivity contribution in [3.63, 3.8) is 0 Å². The topological polar surface area (TPSA) is 46.6 Å². The van der Waals surface area contributed by atoms with Crippen molar-refractivity contribution in [2.24, 2.45) is 0 Å². The second-order valence-electron chi connectivity index (χ2n) is 10.3. The van der Waals surface area contributed by atoms with Gasteiger partial charge in [-0.25, -0.2) is 0 Å². The highest BCUT2D eigenvalue weighted by Gasteiger charge is 2.27. The van der Waals surface area contributed by atoms with E-state index in [0.717, 1.165) is 23.2 Å². The number of nitrogens with zero attached hydrogens (tertiary/aromatic N) is 1. The van der Waals surface area contributed by atoms with Crippen LogP contribution in [0.2, 0.25) is 0 Å². The standard InChI is InChI=1S/C34H31NO3/c1-34(2)21-11-17-26-16-10-18-28(32(37)25-14-8-5-9-15-25)33(26)38-23-35(3)30-20-19-27(22-29(30)34)31(36)24-12-6-4-7-13-24/h4-20,22H,21,23H2,1-3H3/b17-11-. The molecule has 4 nitrogen and oxygen atoms in total. The number of carbonyl (C=O) groups excluding carboxylic acids is 2. The van der Waals surface area contributed by atoms with Gasteiger partial charge in [0.1, 0.15) is 5.75 Å². The molecule has 0 saturated heterocycles. The number of allylic oxidation sites excluding steroid dienone is 1. The summed E-state index contributed by atoms with van der Waals surface area (Å²) < 4.78 is 6.36. The van der Waals surface area contributed by atoms with Crippen LogP contribution in [0.3, 0.4) is 0 Å². The summed E-state index contributed by atoms with van der Waals surface area (Å²) in [6.45, 7) is 4.63. The van der Waals surface area contributed by atoms with Crippen LogP contribution in [0.4, 0.5) is 5.69 Å². The number of fused-ring (bicyclic) bond motifs is 2. The predicted molar refractivity (Wildman–Crippen MR) is 153 cm³/mol. The maximum Gasteiger partial charge on any atom is 0.196 e. The molecule has 190 valence electrons. The Kier molecular flexibility index (Phi) is 6.97. The van der Waals surface area contributed by atoms with Gasteiger partial charge in [0.25, 0.3) is 0 Å². The maximum atomic E-state index is 13.4. The molecule has 1 heterocycles. The third-order valence-electron chi connectivity index (χ3n) is 7.09. The minimum atomic E-state index is -0.255. The smallest absolute Gasteiger partial charge is 0.196 e. The summed E-state index contributed by atoms with van der Waals surface area (Å²) >= 11 is 0. The zero-order chi connectivity index (χ0) is 26.7. The Morgan fingerprint density at radius 3 is 2.11 bits per heavy atom. The molecule has 0 spiro atoms. The van der Waals surface area contributed by atoms with Gasteiger partial charge < -0.3 is 9.64 Å². The number of para-hydroxylation sites is 1. The second kappa shape index (κ2) is 10.5. The van der Waals surface area contributed by atoms with Gasteiger partial charge >= 0.3 is 0 Å². The molecule has 0 atom stereocenters. The Hall–Kier alpha value is -4.44. The Morgan fingerprint density at radius 1 is 0.763 bits per heavy atom. The van der Waals surface area contributed by atoms with Gasteiger partial charge in [-0.05, 0) is 41.7 Å². The van der Waals surface area contributed by atoms with E-state index in [1.54, 1.807) is 0 Å². The minimum Gasteiger partial charge on any atom is -0.472 e. The molecule has 0 unspecified atom stereocenters. The van der Waals surface area contributed by atoms with Crippen molar-refractivity contribution in [3.05, 3.63) is 137 Å². The molecule has 0 radical (unpaired) electrons. The molecule has 1 aliphatic rings. The van der Waals surface area contributed by atoms with E-state index in [2.05, 4.69) is 19.9 Å². The monoisotopic (exact) mass is 501 g/mol. The first-order valence-corrected chi connectivity index (χ1v) is 12.8. The summed E-state index contributed by atoms with van der Waals surface area (Å²) in [4.78, 5) is 28.7. The van der Waals surface area contributed by atoms with Gasteiger partial charge in [0, 0.05) is 35.0 Å². The number of rotatable bonds is 4. The fourth-order valence-corrected chi connectivity index (χ4v) is 4.90. The SMILES string of the molecule is CN1COc2c(cccc2C(=O)c2ccccc2)/C=C\CC(C)(C)c2cc(C(=O)c3ccccc3)ccc21. The van der Waals surface area contributed by atoms with E-state index in [4.69, 9.17) is 4.74 Å². The largest absolute Gasteiger partial charge is 0.472 e. The first-order chi connectivity index (χ1) is 18.3. The van der Waals surface area contributed by atoms with Crippen molar-refractivity contribution in [2.45, 2.75) is 25.7 Å². The highest BCUT2D eigenvalue weighted by molar-refractivity contribution is 6.11. The molecule has 5 rings (SSSR count). The van der Waals surface area contributed by atoms with Crippen LogP contribution >= 0.6 is 0 Å². The van der Waals surface area contributed by atoms with Crippen LogP contribution in [0.15, 0.2) is 103 Å². The van der Waals surface area contributed by atoms with Gasteiger partial charge in [0.2, 0.25) is 0 Å². The molecule has 0 fully saturated rings. The quantitative estimate of drug-likeness (QED) is 0.275. The fourth-order valence-electron chi connectivity index (χ4n) is 4.90. The van der Waals surface area contributed by atoms with Gasteiger partial charge in [-0.15, -0.1) is 0 Å². The molecule has 1 aliphatic heterocycles.